The first-order valence-corrected chi connectivity index (χ1v) is 7.82. The molecule has 21 heavy (non-hydrogen) atoms. The Kier molecular flexibility index (Phi) is 5.00. The molecule has 0 aliphatic carbocycles. The lowest BCUT2D eigenvalue weighted by atomic mass is 9.99. The molecule has 2 nitrogen and oxygen atoms in total. The lowest BCUT2D eigenvalue weighted by Crippen LogP contribution is -2.12. The summed E-state index contributed by atoms with van der Waals surface area (Å²) < 4.78 is 0. The molecule has 0 aliphatic heterocycles. The van der Waals surface area contributed by atoms with E-state index >= 15 is 0 Å². The normalized spacial score (nSPS) is 12.2. The summed E-state index contributed by atoms with van der Waals surface area (Å²) in [5, 5.41) is 3.67. The van der Waals surface area contributed by atoms with Gasteiger partial charge in [0.05, 0.1) is 6.04 Å². The van der Waals surface area contributed by atoms with Gasteiger partial charge in [-0.15, -0.1) is 0 Å². The van der Waals surface area contributed by atoms with Gasteiger partial charge in [-0.25, -0.2) is 0 Å². The lowest BCUT2D eigenvalue weighted by Gasteiger charge is -2.22. The largest absolute Gasteiger partial charge is 0.378 e. The highest BCUT2D eigenvalue weighted by molar-refractivity contribution is 5.53. The highest BCUT2D eigenvalue weighted by Gasteiger charge is 2.14. The van der Waals surface area contributed by atoms with E-state index < -0.39 is 0 Å². The highest BCUT2D eigenvalue weighted by atomic mass is 14.9. The molecule has 1 unspecified atom stereocenters. The Hall–Kier alpha value is -1.83. The third kappa shape index (κ3) is 3.63. The molecule has 1 atom stereocenters. The summed E-state index contributed by atoms with van der Waals surface area (Å²) in [7, 11) is 0. The molecule has 0 saturated heterocycles. The van der Waals surface area contributed by atoms with E-state index in [0.717, 1.165) is 24.2 Å². The Balaban J connectivity index is 2.28. The smallest absolute Gasteiger partial charge is 0.0506 e. The number of nitrogens with zero attached hydrogens (tertiary/aromatic N) is 1. The second-order valence-corrected chi connectivity index (χ2v) is 5.85. The van der Waals surface area contributed by atoms with Gasteiger partial charge in [-0.3, -0.25) is 4.98 Å². The van der Waals surface area contributed by atoms with Crippen molar-refractivity contribution in [1.82, 2.24) is 4.98 Å². The van der Waals surface area contributed by atoms with Gasteiger partial charge >= 0.3 is 0 Å². The summed E-state index contributed by atoms with van der Waals surface area (Å²) in [6, 6.07) is 11.0. The summed E-state index contributed by atoms with van der Waals surface area (Å²) in [5.74, 6) is 0. The molecule has 0 bridgehead atoms. The molecule has 0 radical (unpaired) electrons. The third-order valence-electron chi connectivity index (χ3n) is 3.93. The number of hydrogen-bond donors (Lipinski definition) is 1. The zero-order valence-corrected chi connectivity index (χ0v) is 13.8. The molecule has 0 amide bonds. The van der Waals surface area contributed by atoms with Crippen LogP contribution in [0.15, 0.2) is 30.3 Å². The standard InChI is InChI=1S/C19H26N2/c1-6-9-17-10-7-8-11-18(17)21-16(5)19-13(2)12-14(3)20-15(19)4/h7-8,10-12,16,21H,6,9H2,1-5H3. The van der Waals surface area contributed by atoms with Crippen LogP contribution in [-0.2, 0) is 6.42 Å². The summed E-state index contributed by atoms with van der Waals surface area (Å²) in [6.45, 7) is 10.8. The first-order chi connectivity index (χ1) is 10.0. The maximum atomic E-state index is 4.62. The number of anilines is 1. The number of aryl methyl sites for hydroxylation is 4. The Morgan fingerprint density at radius 2 is 1.86 bits per heavy atom. The van der Waals surface area contributed by atoms with Gasteiger partial charge in [0.2, 0.25) is 0 Å². The second-order valence-electron chi connectivity index (χ2n) is 5.85. The molecule has 1 N–H and O–H groups in total. The van der Waals surface area contributed by atoms with Crippen molar-refractivity contribution in [2.75, 3.05) is 5.32 Å². The molecule has 2 heteroatoms. The van der Waals surface area contributed by atoms with Gasteiger partial charge in [0.15, 0.2) is 0 Å². The topological polar surface area (TPSA) is 24.9 Å². The van der Waals surface area contributed by atoms with E-state index in [1.807, 2.05) is 0 Å². The Morgan fingerprint density at radius 1 is 1.14 bits per heavy atom. The Bertz CT molecular complexity index is 594. The van der Waals surface area contributed by atoms with Gasteiger partial charge in [-0.1, -0.05) is 31.5 Å². The molecule has 0 fully saturated rings. The maximum Gasteiger partial charge on any atom is 0.0506 e. The molecule has 1 aromatic carbocycles. The molecule has 112 valence electrons. The van der Waals surface area contributed by atoms with Crippen LogP contribution >= 0.6 is 0 Å². The van der Waals surface area contributed by atoms with Crippen LogP contribution in [0.5, 0.6) is 0 Å². The summed E-state index contributed by atoms with van der Waals surface area (Å²) in [6.07, 6.45) is 2.28. The minimum atomic E-state index is 0.260. The molecule has 0 spiro atoms. The van der Waals surface area contributed by atoms with Crippen molar-refractivity contribution >= 4 is 5.69 Å². The zero-order valence-electron chi connectivity index (χ0n) is 13.8. The number of nitrogens with one attached hydrogen (secondary N) is 1. The predicted octanol–water partition coefficient (Wildman–Crippen LogP) is 5.13. The van der Waals surface area contributed by atoms with Crippen LogP contribution in [0.2, 0.25) is 0 Å². The summed E-state index contributed by atoms with van der Waals surface area (Å²) in [5.41, 5.74) is 7.47. The van der Waals surface area contributed by atoms with Gasteiger partial charge in [0, 0.05) is 17.1 Å². The van der Waals surface area contributed by atoms with Gasteiger partial charge < -0.3 is 5.32 Å². The molecule has 2 aromatic rings. The van der Waals surface area contributed by atoms with Crippen LogP contribution in [0.3, 0.4) is 0 Å². The van der Waals surface area contributed by atoms with Crippen LogP contribution in [0.1, 0.15) is 54.4 Å². The van der Waals surface area contributed by atoms with E-state index in [1.165, 1.54) is 22.4 Å². The fourth-order valence-electron chi connectivity index (χ4n) is 3.14. The van der Waals surface area contributed by atoms with Gasteiger partial charge in [-0.2, -0.15) is 0 Å². The van der Waals surface area contributed by atoms with E-state index in [4.69, 9.17) is 0 Å². The fraction of sp³-hybridized carbons (Fsp3) is 0.421. The van der Waals surface area contributed by atoms with Crippen LogP contribution < -0.4 is 5.32 Å². The SMILES string of the molecule is CCCc1ccccc1NC(C)c1c(C)cc(C)nc1C. The average molecular weight is 282 g/mol. The summed E-state index contributed by atoms with van der Waals surface area (Å²) >= 11 is 0. The average Bonchev–Trinajstić information content (AvgIpc) is 2.40. The van der Waals surface area contributed by atoms with Crippen molar-refractivity contribution < 1.29 is 0 Å². The lowest BCUT2D eigenvalue weighted by molar-refractivity contribution is 0.834. The Labute approximate surface area is 128 Å². The van der Waals surface area contributed by atoms with E-state index in [2.05, 4.69) is 75.3 Å². The minimum Gasteiger partial charge on any atom is -0.378 e. The van der Waals surface area contributed by atoms with Crippen LogP contribution in [0, 0.1) is 20.8 Å². The first-order valence-electron chi connectivity index (χ1n) is 7.82. The quantitative estimate of drug-likeness (QED) is 0.822. The highest BCUT2D eigenvalue weighted by Crippen LogP contribution is 2.27. The van der Waals surface area contributed by atoms with Crippen molar-refractivity contribution in [3.8, 4) is 0 Å². The van der Waals surface area contributed by atoms with Crippen LogP contribution in [0.25, 0.3) is 0 Å². The van der Waals surface area contributed by atoms with E-state index in [-0.39, 0.29) is 6.04 Å². The molecule has 2 rings (SSSR count). The predicted molar refractivity (Wildman–Crippen MR) is 90.9 cm³/mol. The van der Waals surface area contributed by atoms with E-state index in [9.17, 15) is 0 Å². The zero-order chi connectivity index (χ0) is 15.4. The fourth-order valence-corrected chi connectivity index (χ4v) is 3.14. The number of rotatable bonds is 5. The Morgan fingerprint density at radius 3 is 2.52 bits per heavy atom. The molecule has 0 saturated carbocycles. The number of pyridine rings is 1. The van der Waals surface area contributed by atoms with Crippen LogP contribution in [-0.4, -0.2) is 4.98 Å². The van der Waals surface area contributed by atoms with Gasteiger partial charge in [0.1, 0.15) is 0 Å². The second kappa shape index (κ2) is 6.75. The van der Waals surface area contributed by atoms with Crippen LogP contribution in [0.4, 0.5) is 5.69 Å². The number of para-hydroxylation sites is 1. The third-order valence-corrected chi connectivity index (χ3v) is 3.93. The van der Waals surface area contributed by atoms with Gasteiger partial charge in [0.25, 0.3) is 0 Å². The van der Waals surface area contributed by atoms with Gasteiger partial charge in [-0.05, 0) is 62.9 Å². The van der Waals surface area contributed by atoms with Crippen molar-refractivity contribution in [2.24, 2.45) is 0 Å². The van der Waals surface area contributed by atoms with E-state index in [0.29, 0.717) is 0 Å². The first kappa shape index (κ1) is 15.6. The molecule has 0 aliphatic rings. The monoisotopic (exact) mass is 282 g/mol. The van der Waals surface area contributed by atoms with E-state index in [1.54, 1.807) is 0 Å². The van der Waals surface area contributed by atoms with Crippen molar-refractivity contribution in [1.29, 1.82) is 0 Å². The number of benzene rings is 1. The molecule has 1 heterocycles. The van der Waals surface area contributed by atoms with Crippen molar-refractivity contribution in [3.63, 3.8) is 0 Å². The molecular weight excluding hydrogens is 256 g/mol. The van der Waals surface area contributed by atoms with Crippen molar-refractivity contribution in [3.05, 3.63) is 58.4 Å². The molecule has 1 aromatic heterocycles. The summed E-state index contributed by atoms with van der Waals surface area (Å²) in [4.78, 5) is 4.62. The maximum absolute atomic E-state index is 4.62. The van der Waals surface area contributed by atoms with Crippen molar-refractivity contribution in [2.45, 2.75) is 53.5 Å². The molecular formula is C19H26N2. The number of aromatic nitrogens is 1. The minimum absolute atomic E-state index is 0.260. The number of hydrogen-bond acceptors (Lipinski definition) is 2.